The fraction of sp³-hybridized carbons (Fsp3) is 0.385. The minimum atomic E-state index is -2.27. The molecular weight excluding hydrogens is 239 g/mol. The highest BCUT2D eigenvalue weighted by Gasteiger charge is 2.28. The minimum Gasteiger partial charge on any atom is -0.497 e. The van der Waals surface area contributed by atoms with E-state index in [1.54, 1.807) is 6.92 Å². The second kappa shape index (κ2) is 6.74. The fourth-order valence-electron chi connectivity index (χ4n) is 1.28. The highest BCUT2D eigenvalue weighted by Crippen LogP contribution is 2.14. The predicted molar refractivity (Wildman–Crippen MR) is 63.5 cm³/mol. The molecule has 0 spiro atoms. The van der Waals surface area contributed by atoms with Gasteiger partial charge in [-0.25, -0.2) is 9.18 Å². The average Bonchev–Trinajstić information content (AvgIpc) is 2.43. The van der Waals surface area contributed by atoms with Crippen molar-refractivity contribution in [1.29, 1.82) is 0 Å². The lowest BCUT2D eigenvalue weighted by molar-refractivity contribution is -0.147. The van der Waals surface area contributed by atoms with E-state index >= 15 is 0 Å². The van der Waals surface area contributed by atoms with Gasteiger partial charge in [-0.05, 0) is 30.7 Å². The van der Waals surface area contributed by atoms with Crippen LogP contribution in [0.1, 0.15) is 23.7 Å². The van der Waals surface area contributed by atoms with E-state index in [0.717, 1.165) is 0 Å². The fourth-order valence-corrected chi connectivity index (χ4v) is 1.28. The highest BCUT2D eigenvalue weighted by atomic mass is 19.1. The summed E-state index contributed by atoms with van der Waals surface area (Å²) >= 11 is 0. The molecule has 0 fully saturated rings. The Hall–Kier alpha value is -1.91. The second-order valence-corrected chi connectivity index (χ2v) is 3.62. The van der Waals surface area contributed by atoms with Crippen molar-refractivity contribution in [3.05, 3.63) is 29.8 Å². The molecular formula is C13H15FO4. The Balaban J connectivity index is 2.70. The van der Waals surface area contributed by atoms with Crippen LogP contribution in [0, 0.1) is 0 Å². The summed E-state index contributed by atoms with van der Waals surface area (Å²) in [6.07, 6.45) is -1.69. The van der Waals surface area contributed by atoms with E-state index in [-0.39, 0.29) is 12.2 Å². The Labute approximate surface area is 105 Å². The zero-order chi connectivity index (χ0) is 13.5. The number of rotatable bonds is 6. The van der Waals surface area contributed by atoms with Crippen LogP contribution in [0.2, 0.25) is 0 Å². The van der Waals surface area contributed by atoms with Crippen LogP contribution in [-0.2, 0) is 9.53 Å². The lowest BCUT2D eigenvalue weighted by atomic mass is 10.1. The van der Waals surface area contributed by atoms with Gasteiger partial charge in [-0.2, -0.15) is 0 Å². The third-order valence-corrected chi connectivity index (χ3v) is 2.26. The normalized spacial score (nSPS) is 11.7. The van der Waals surface area contributed by atoms with Crippen molar-refractivity contribution in [2.24, 2.45) is 0 Å². The lowest BCUT2D eigenvalue weighted by Crippen LogP contribution is -2.28. The first-order valence-electron chi connectivity index (χ1n) is 5.59. The summed E-state index contributed by atoms with van der Waals surface area (Å²) in [7, 11) is 1.48. The number of carbonyl (C=O) groups is 2. The van der Waals surface area contributed by atoms with Gasteiger partial charge in [-0.3, -0.25) is 4.79 Å². The van der Waals surface area contributed by atoms with Crippen LogP contribution < -0.4 is 4.74 Å². The standard InChI is InChI=1S/C13H15FO4/c1-3-8-18-13(16)11(14)12(15)9-4-6-10(17-2)7-5-9/h4-7,11H,3,8H2,1-2H3. The van der Waals surface area contributed by atoms with Crippen LogP contribution in [0.25, 0.3) is 0 Å². The number of halogens is 1. The summed E-state index contributed by atoms with van der Waals surface area (Å²) in [5, 5.41) is 0. The van der Waals surface area contributed by atoms with Crippen molar-refractivity contribution >= 4 is 11.8 Å². The van der Waals surface area contributed by atoms with Gasteiger partial charge >= 0.3 is 5.97 Å². The Morgan fingerprint density at radius 2 is 1.89 bits per heavy atom. The summed E-state index contributed by atoms with van der Waals surface area (Å²) in [5.41, 5.74) is 0.108. The summed E-state index contributed by atoms with van der Waals surface area (Å²) in [6, 6.07) is 5.86. The average molecular weight is 254 g/mol. The molecule has 0 amide bonds. The van der Waals surface area contributed by atoms with Crippen LogP contribution in [0.4, 0.5) is 4.39 Å². The topological polar surface area (TPSA) is 52.6 Å². The number of hydrogen-bond acceptors (Lipinski definition) is 4. The molecule has 18 heavy (non-hydrogen) atoms. The maximum absolute atomic E-state index is 13.5. The summed E-state index contributed by atoms with van der Waals surface area (Å²) in [4.78, 5) is 22.8. The summed E-state index contributed by atoms with van der Waals surface area (Å²) < 4.78 is 23.0. The molecule has 4 nitrogen and oxygen atoms in total. The zero-order valence-electron chi connectivity index (χ0n) is 10.3. The van der Waals surface area contributed by atoms with E-state index in [4.69, 9.17) is 4.74 Å². The van der Waals surface area contributed by atoms with Gasteiger partial charge in [0, 0.05) is 5.56 Å². The monoisotopic (exact) mass is 254 g/mol. The zero-order valence-corrected chi connectivity index (χ0v) is 10.3. The maximum atomic E-state index is 13.5. The van der Waals surface area contributed by atoms with Gasteiger partial charge in [-0.1, -0.05) is 6.92 Å². The van der Waals surface area contributed by atoms with Crippen LogP contribution in [0.15, 0.2) is 24.3 Å². The number of Topliss-reactive ketones (excluding diaryl/α,β-unsaturated/α-hetero) is 1. The van der Waals surface area contributed by atoms with Gasteiger partial charge in [0.05, 0.1) is 13.7 Å². The van der Waals surface area contributed by atoms with E-state index in [2.05, 4.69) is 4.74 Å². The molecule has 0 N–H and O–H groups in total. The number of carbonyl (C=O) groups excluding carboxylic acids is 2. The number of esters is 1. The molecule has 1 rings (SSSR count). The molecule has 0 heterocycles. The van der Waals surface area contributed by atoms with Crippen molar-refractivity contribution in [2.75, 3.05) is 13.7 Å². The molecule has 1 atom stereocenters. The molecule has 98 valence electrons. The molecule has 0 aliphatic carbocycles. The van der Waals surface area contributed by atoms with Crippen molar-refractivity contribution in [2.45, 2.75) is 19.5 Å². The van der Waals surface area contributed by atoms with E-state index in [1.807, 2.05) is 0 Å². The quantitative estimate of drug-likeness (QED) is 0.443. The molecule has 0 saturated heterocycles. The van der Waals surface area contributed by atoms with Crippen molar-refractivity contribution in [1.82, 2.24) is 0 Å². The second-order valence-electron chi connectivity index (χ2n) is 3.62. The first-order chi connectivity index (χ1) is 8.60. The summed E-state index contributed by atoms with van der Waals surface area (Å²) in [6.45, 7) is 1.89. The van der Waals surface area contributed by atoms with Crippen LogP contribution in [-0.4, -0.2) is 31.6 Å². The highest BCUT2D eigenvalue weighted by molar-refractivity contribution is 6.11. The maximum Gasteiger partial charge on any atom is 0.349 e. The van der Waals surface area contributed by atoms with Crippen LogP contribution >= 0.6 is 0 Å². The molecule has 0 aromatic heterocycles. The van der Waals surface area contributed by atoms with Crippen molar-refractivity contribution in [3.8, 4) is 5.75 Å². The van der Waals surface area contributed by atoms with Gasteiger partial charge in [0.2, 0.25) is 5.78 Å². The molecule has 1 aromatic carbocycles. The number of ketones is 1. The largest absolute Gasteiger partial charge is 0.497 e. The SMILES string of the molecule is CCCOC(=O)C(F)C(=O)c1ccc(OC)cc1. The molecule has 1 aromatic rings. The van der Waals surface area contributed by atoms with Crippen LogP contribution in [0.5, 0.6) is 5.75 Å². The Morgan fingerprint density at radius 3 is 2.39 bits per heavy atom. The van der Waals surface area contributed by atoms with Gasteiger partial charge < -0.3 is 9.47 Å². The third-order valence-electron chi connectivity index (χ3n) is 2.26. The minimum absolute atomic E-state index is 0.106. The molecule has 1 unspecified atom stereocenters. The van der Waals surface area contributed by atoms with Crippen molar-refractivity contribution < 1.29 is 23.5 Å². The lowest BCUT2D eigenvalue weighted by Gasteiger charge is -2.08. The van der Waals surface area contributed by atoms with Gasteiger partial charge in [0.1, 0.15) is 5.75 Å². The number of ether oxygens (including phenoxy) is 2. The smallest absolute Gasteiger partial charge is 0.349 e. The first-order valence-corrected chi connectivity index (χ1v) is 5.59. The Morgan fingerprint density at radius 1 is 1.28 bits per heavy atom. The molecule has 0 bridgehead atoms. The van der Waals surface area contributed by atoms with Gasteiger partial charge in [0.15, 0.2) is 0 Å². The Bertz CT molecular complexity index is 414. The number of methoxy groups -OCH3 is 1. The Kier molecular flexibility index (Phi) is 5.30. The summed E-state index contributed by atoms with van der Waals surface area (Å²) in [5.74, 6) is -1.49. The number of hydrogen-bond donors (Lipinski definition) is 0. The van der Waals surface area contributed by atoms with Gasteiger partial charge in [0.25, 0.3) is 6.17 Å². The molecule has 0 radical (unpaired) electrons. The van der Waals surface area contributed by atoms with E-state index in [9.17, 15) is 14.0 Å². The predicted octanol–water partition coefficient (Wildman–Crippen LogP) is 2.17. The molecule has 5 heteroatoms. The first kappa shape index (κ1) is 14.2. The third kappa shape index (κ3) is 3.55. The number of benzene rings is 1. The molecule has 0 aliphatic heterocycles. The van der Waals surface area contributed by atoms with Gasteiger partial charge in [-0.15, -0.1) is 0 Å². The molecule has 0 saturated carbocycles. The molecule has 0 aliphatic rings. The number of alkyl halides is 1. The van der Waals surface area contributed by atoms with E-state index in [0.29, 0.717) is 12.2 Å². The van der Waals surface area contributed by atoms with Crippen molar-refractivity contribution in [3.63, 3.8) is 0 Å². The van der Waals surface area contributed by atoms with E-state index < -0.39 is 17.9 Å². The van der Waals surface area contributed by atoms with E-state index in [1.165, 1.54) is 31.4 Å². The van der Waals surface area contributed by atoms with Crippen LogP contribution in [0.3, 0.4) is 0 Å².